The number of benzene rings is 1. The van der Waals surface area contributed by atoms with Crippen molar-refractivity contribution in [2.75, 3.05) is 5.32 Å². The minimum Gasteiger partial charge on any atom is -0.374 e. The molecule has 0 radical (unpaired) electrons. The molecule has 1 atom stereocenters. The van der Waals surface area contributed by atoms with Gasteiger partial charge in [0.05, 0.1) is 0 Å². The van der Waals surface area contributed by atoms with E-state index in [-0.39, 0.29) is 6.04 Å². The molecule has 0 aliphatic carbocycles. The Morgan fingerprint density at radius 1 is 1.35 bits per heavy atom. The Labute approximate surface area is 109 Å². The van der Waals surface area contributed by atoms with Gasteiger partial charge in [-0.2, -0.15) is 4.98 Å². The molecule has 2 aromatic rings. The van der Waals surface area contributed by atoms with Gasteiger partial charge in [0.2, 0.25) is 5.89 Å². The van der Waals surface area contributed by atoms with Crippen molar-refractivity contribution in [3.63, 3.8) is 0 Å². The van der Waals surface area contributed by atoms with Crippen molar-refractivity contribution >= 4 is 21.6 Å². The van der Waals surface area contributed by atoms with Gasteiger partial charge < -0.3 is 9.84 Å². The lowest BCUT2D eigenvalue weighted by molar-refractivity contribution is 0.364. The van der Waals surface area contributed by atoms with Gasteiger partial charge in [-0.15, -0.1) is 0 Å². The van der Waals surface area contributed by atoms with Crippen molar-refractivity contribution in [3.8, 4) is 0 Å². The van der Waals surface area contributed by atoms with E-state index in [0.717, 1.165) is 10.2 Å². The SMILES string of the molecule is Cc1noc([C@@H](C)Nc2ccc(Br)c(C)c2)n1. The molecule has 0 spiro atoms. The fourth-order valence-electron chi connectivity index (χ4n) is 1.54. The van der Waals surface area contributed by atoms with Crippen LogP contribution in [0.5, 0.6) is 0 Å². The van der Waals surface area contributed by atoms with Crippen LogP contribution >= 0.6 is 15.9 Å². The van der Waals surface area contributed by atoms with E-state index in [1.807, 2.05) is 26.0 Å². The lowest BCUT2D eigenvalue weighted by Gasteiger charge is -2.12. The highest BCUT2D eigenvalue weighted by molar-refractivity contribution is 9.10. The Morgan fingerprint density at radius 3 is 2.71 bits per heavy atom. The van der Waals surface area contributed by atoms with E-state index in [2.05, 4.69) is 44.4 Å². The van der Waals surface area contributed by atoms with Gasteiger partial charge in [0.25, 0.3) is 0 Å². The van der Waals surface area contributed by atoms with Gasteiger partial charge in [0.15, 0.2) is 5.82 Å². The predicted octanol–water partition coefficient (Wildman–Crippen LogP) is 3.62. The molecule has 0 amide bonds. The molecule has 1 heterocycles. The third kappa shape index (κ3) is 2.85. The number of aromatic nitrogens is 2. The van der Waals surface area contributed by atoms with Gasteiger partial charge >= 0.3 is 0 Å². The molecular weight excluding hydrogens is 282 g/mol. The average Bonchev–Trinajstić information content (AvgIpc) is 2.70. The van der Waals surface area contributed by atoms with Crippen LogP contribution in [-0.2, 0) is 0 Å². The van der Waals surface area contributed by atoms with Crippen molar-refractivity contribution in [3.05, 3.63) is 40.0 Å². The summed E-state index contributed by atoms with van der Waals surface area (Å²) in [5.74, 6) is 1.25. The molecule has 0 aliphatic heterocycles. The van der Waals surface area contributed by atoms with Crippen molar-refractivity contribution in [2.24, 2.45) is 0 Å². The first kappa shape index (κ1) is 12.1. The third-order valence-electron chi connectivity index (χ3n) is 2.45. The number of hydrogen-bond donors (Lipinski definition) is 1. The monoisotopic (exact) mass is 295 g/mol. The van der Waals surface area contributed by atoms with Gasteiger partial charge in [-0.25, -0.2) is 0 Å². The maximum absolute atomic E-state index is 5.12. The zero-order valence-electron chi connectivity index (χ0n) is 9.99. The molecule has 0 aliphatic rings. The fourth-order valence-corrected chi connectivity index (χ4v) is 1.78. The van der Waals surface area contributed by atoms with E-state index in [9.17, 15) is 0 Å². The molecular formula is C12H14BrN3O. The lowest BCUT2D eigenvalue weighted by atomic mass is 10.2. The van der Waals surface area contributed by atoms with Crippen LogP contribution in [0, 0.1) is 13.8 Å². The highest BCUT2D eigenvalue weighted by atomic mass is 79.9. The number of rotatable bonds is 3. The quantitative estimate of drug-likeness (QED) is 0.939. The summed E-state index contributed by atoms with van der Waals surface area (Å²) in [6, 6.07) is 6.10. The topological polar surface area (TPSA) is 51.0 Å². The van der Waals surface area contributed by atoms with Crippen LogP contribution in [0.2, 0.25) is 0 Å². The summed E-state index contributed by atoms with van der Waals surface area (Å²) in [6.07, 6.45) is 0. The van der Waals surface area contributed by atoms with E-state index in [4.69, 9.17) is 4.52 Å². The summed E-state index contributed by atoms with van der Waals surface area (Å²) in [4.78, 5) is 4.20. The molecule has 1 aromatic carbocycles. The summed E-state index contributed by atoms with van der Waals surface area (Å²) >= 11 is 3.48. The predicted molar refractivity (Wildman–Crippen MR) is 70.0 cm³/mol. The molecule has 0 fully saturated rings. The van der Waals surface area contributed by atoms with Crippen LogP contribution in [0.25, 0.3) is 0 Å². The van der Waals surface area contributed by atoms with E-state index in [1.54, 1.807) is 0 Å². The van der Waals surface area contributed by atoms with Crippen LogP contribution in [0.15, 0.2) is 27.2 Å². The van der Waals surface area contributed by atoms with Gasteiger partial charge in [0.1, 0.15) is 6.04 Å². The van der Waals surface area contributed by atoms with Gasteiger partial charge in [0, 0.05) is 10.2 Å². The summed E-state index contributed by atoms with van der Waals surface area (Å²) < 4.78 is 6.22. The second-order valence-electron chi connectivity index (χ2n) is 4.01. The first-order chi connectivity index (χ1) is 8.06. The van der Waals surface area contributed by atoms with Crippen LogP contribution < -0.4 is 5.32 Å². The first-order valence-electron chi connectivity index (χ1n) is 5.39. The summed E-state index contributed by atoms with van der Waals surface area (Å²) in [7, 11) is 0. The highest BCUT2D eigenvalue weighted by Gasteiger charge is 2.12. The first-order valence-corrected chi connectivity index (χ1v) is 6.18. The Kier molecular flexibility index (Phi) is 3.47. The minimum absolute atomic E-state index is 0.00299. The molecule has 1 aromatic heterocycles. The second kappa shape index (κ2) is 4.87. The molecule has 0 unspecified atom stereocenters. The van der Waals surface area contributed by atoms with Crippen LogP contribution in [-0.4, -0.2) is 10.1 Å². The minimum atomic E-state index is -0.00299. The zero-order valence-corrected chi connectivity index (χ0v) is 11.6. The number of nitrogens with one attached hydrogen (secondary N) is 1. The number of halogens is 1. The molecule has 0 saturated carbocycles. The summed E-state index contributed by atoms with van der Waals surface area (Å²) in [5.41, 5.74) is 2.22. The highest BCUT2D eigenvalue weighted by Crippen LogP contribution is 2.23. The molecule has 4 nitrogen and oxygen atoms in total. The number of aryl methyl sites for hydroxylation is 2. The Morgan fingerprint density at radius 2 is 2.12 bits per heavy atom. The van der Waals surface area contributed by atoms with Gasteiger partial charge in [-0.05, 0) is 44.5 Å². The smallest absolute Gasteiger partial charge is 0.248 e. The Balaban J connectivity index is 2.12. The molecule has 0 saturated heterocycles. The van der Waals surface area contributed by atoms with E-state index >= 15 is 0 Å². The van der Waals surface area contributed by atoms with E-state index in [0.29, 0.717) is 11.7 Å². The molecule has 90 valence electrons. The van der Waals surface area contributed by atoms with Crippen LogP contribution in [0.4, 0.5) is 5.69 Å². The average molecular weight is 296 g/mol. The van der Waals surface area contributed by atoms with Crippen LogP contribution in [0.1, 0.15) is 30.2 Å². The molecule has 17 heavy (non-hydrogen) atoms. The maximum Gasteiger partial charge on any atom is 0.248 e. The van der Waals surface area contributed by atoms with Gasteiger partial charge in [-0.1, -0.05) is 21.1 Å². The van der Waals surface area contributed by atoms with E-state index < -0.39 is 0 Å². The van der Waals surface area contributed by atoms with Crippen molar-refractivity contribution in [2.45, 2.75) is 26.8 Å². The van der Waals surface area contributed by atoms with Crippen molar-refractivity contribution in [1.82, 2.24) is 10.1 Å². The normalized spacial score (nSPS) is 12.5. The van der Waals surface area contributed by atoms with Crippen LogP contribution in [0.3, 0.4) is 0 Å². The largest absolute Gasteiger partial charge is 0.374 e. The maximum atomic E-state index is 5.12. The number of hydrogen-bond acceptors (Lipinski definition) is 4. The Hall–Kier alpha value is -1.36. The number of anilines is 1. The second-order valence-corrected chi connectivity index (χ2v) is 4.86. The summed E-state index contributed by atoms with van der Waals surface area (Å²) in [6.45, 7) is 5.85. The zero-order chi connectivity index (χ0) is 12.4. The third-order valence-corrected chi connectivity index (χ3v) is 3.34. The molecule has 2 rings (SSSR count). The number of nitrogens with zero attached hydrogens (tertiary/aromatic N) is 2. The molecule has 5 heteroatoms. The standard InChI is InChI=1S/C12H14BrN3O/c1-7-6-10(4-5-11(7)13)14-8(2)12-15-9(3)16-17-12/h4-6,8,14H,1-3H3/t8-/m1/s1. The molecule has 0 bridgehead atoms. The fraction of sp³-hybridized carbons (Fsp3) is 0.333. The Bertz CT molecular complexity index is 524. The van der Waals surface area contributed by atoms with Gasteiger partial charge in [-0.3, -0.25) is 0 Å². The van der Waals surface area contributed by atoms with Crippen molar-refractivity contribution in [1.29, 1.82) is 0 Å². The molecule has 1 N–H and O–H groups in total. The van der Waals surface area contributed by atoms with E-state index in [1.165, 1.54) is 5.56 Å². The lowest BCUT2D eigenvalue weighted by Crippen LogP contribution is -2.07. The summed E-state index contributed by atoms with van der Waals surface area (Å²) in [5, 5.41) is 7.10. The van der Waals surface area contributed by atoms with Crippen molar-refractivity contribution < 1.29 is 4.52 Å².